The number of hydrogen-bond donors (Lipinski definition) is 0. The summed E-state index contributed by atoms with van der Waals surface area (Å²) < 4.78 is 12.1. The third-order valence-electron chi connectivity index (χ3n) is 4.18. The van der Waals surface area contributed by atoms with Crippen LogP contribution in [-0.4, -0.2) is 24.6 Å². The van der Waals surface area contributed by atoms with Crippen molar-refractivity contribution in [2.75, 3.05) is 0 Å². The normalized spacial score (nSPS) is 20.6. The number of benzene rings is 1. The maximum atomic E-state index is 11.3. The fraction of sp³-hybridized carbons (Fsp3) is 0.533. The summed E-state index contributed by atoms with van der Waals surface area (Å²) in [6.07, 6.45) is 0.875. The van der Waals surface area contributed by atoms with Crippen LogP contribution < -0.4 is 5.46 Å². The Balaban J connectivity index is 2.48. The summed E-state index contributed by atoms with van der Waals surface area (Å²) in [5, 5.41) is 0. The van der Waals surface area contributed by atoms with Gasteiger partial charge in [0.1, 0.15) is 6.29 Å². The van der Waals surface area contributed by atoms with Crippen molar-refractivity contribution in [1.29, 1.82) is 0 Å². The minimum absolute atomic E-state index is 0.394. The van der Waals surface area contributed by atoms with Gasteiger partial charge in [-0.3, -0.25) is 4.79 Å². The van der Waals surface area contributed by atoms with Gasteiger partial charge in [0.15, 0.2) is 0 Å². The van der Waals surface area contributed by atoms with Crippen molar-refractivity contribution in [3.05, 3.63) is 28.8 Å². The molecule has 1 aromatic carbocycles. The van der Waals surface area contributed by atoms with Gasteiger partial charge in [-0.25, -0.2) is 0 Å². The highest BCUT2D eigenvalue weighted by molar-refractivity contribution is 6.64. The lowest BCUT2D eigenvalue weighted by Crippen LogP contribution is -2.41. The third-order valence-corrected chi connectivity index (χ3v) is 4.18. The maximum Gasteiger partial charge on any atom is 0.495 e. The standard InChI is InChI=1S/C15H21BO3/c1-10-7-11(2)13(12(8-10)9-17)16-18-14(3,4)15(5,6)19-16/h7-9H,1-6H3. The van der Waals surface area contributed by atoms with Crippen LogP contribution in [0.3, 0.4) is 0 Å². The van der Waals surface area contributed by atoms with Crippen LogP contribution >= 0.6 is 0 Å². The Morgan fingerprint density at radius 1 is 1.05 bits per heavy atom. The molecule has 1 fully saturated rings. The Morgan fingerprint density at radius 3 is 2.05 bits per heavy atom. The Bertz CT molecular complexity index is 504. The first-order valence-corrected chi connectivity index (χ1v) is 6.60. The topological polar surface area (TPSA) is 35.5 Å². The number of rotatable bonds is 2. The van der Waals surface area contributed by atoms with Crippen LogP contribution in [0.15, 0.2) is 12.1 Å². The van der Waals surface area contributed by atoms with Gasteiger partial charge < -0.3 is 9.31 Å². The van der Waals surface area contributed by atoms with Gasteiger partial charge >= 0.3 is 7.12 Å². The Morgan fingerprint density at radius 2 is 1.58 bits per heavy atom. The van der Waals surface area contributed by atoms with Crippen LogP contribution in [0.25, 0.3) is 0 Å². The molecule has 0 aliphatic carbocycles. The molecule has 1 heterocycles. The predicted molar refractivity (Wildman–Crippen MR) is 77.0 cm³/mol. The first-order chi connectivity index (χ1) is 8.68. The first-order valence-electron chi connectivity index (χ1n) is 6.60. The smallest absolute Gasteiger partial charge is 0.399 e. The average molecular weight is 260 g/mol. The predicted octanol–water partition coefficient (Wildman–Crippen LogP) is 2.42. The molecular weight excluding hydrogens is 239 g/mol. The fourth-order valence-electron chi connectivity index (χ4n) is 2.39. The summed E-state index contributed by atoms with van der Waals surface area (Å²) in [6.45, 7) is 12.0. The summed E-state index contributed by atoms with van der Waals surface area (Å²) >= 11 is 0. The van der Waals surface area contributed by atoms with Gasteiger partial charge in [-0.2, -0.15) is 0 Å². The van der Waals surface area contributed by atoms with Gasteiger partial charge in [0, 0.05) is 5.56 Å². The van der Waals surface area contributed by atoms with Crippen molar-refractivity contribution in [1.82, 2.24) is 0 Å². The molecule has 0 N–H and O–H groups in total. The van der Waals surface area contributed by atoms with E-state index in [2.05, 4.69) is 0 Å². The molecule has 0 unspecified atom stereocenters. The van der Waals surface area contributed by atoms with E-state index in [1.807, 2.05) is 53.7 Å². The number of aryl methyl sites for hydroxylation is 2. The Hall–Kier alpha value is -1.13. The molecule has 1 aliphatic heterocycles. The van der Waals surface area contributed by atoms with E-state index in [0.29, 0.717) is 5.56 Å². The van der Waals surface area contributed by atoms with E-state index in [1.165, 1.54) is 0 Å². The Labute approximate surface area is 115 Å². The van der Waals surface area contributed by atoms with Crippen molar-refractivity contribution < 1.29 is 14.1 Å². The van der Waals surface area contributed by atoms with Gasteiger partial charge in [-0.15, -0.1) is 0 Å². The van der Waals surface area contributed by atoms with Gasteiger partial charge in [0.2, 0.25) is 0 Å². The molecule has 1 aromatic rings. The van der Waals surface area contributed by atoms with E-state index in [-0.39, 0.29) is 0 Å². The molecule has 0 spiro atoms. The highest BCUT2D eigenvalue weighted by Crippen LogP contribution is 2.36. The summed E-state index contributed by atoms with van der Waals surface area (Å²) in [7, 11) is -0.481. The van der Waals surface area contributed by atoms with Gasteiger partial charge in [0.05, 0.1) is 11.2 Å². The molecular formula is C15H21BO3. The van der Waals surface area contributed by atoms with E-state index in [4.69, 9.17) is 9.31 Å². The number of carbonyl (C=O) groups excluding carboxylic acids is 1. The molecule has 1 aliphatic rings. The third kappa shape index (κ3) is 2.35. The lowest BCUT2D eigenvalue weighted by atomic mass is 9.73. The van der Waals surface area contributed by atoms with Crippen LogP contribution in [0.4, 0.5) is 0 Å². The lowest BCUT2D eigenvalue weighted by Gasteiger charge is -2.32. The monoisotopic (exact) mass is 260 g/mol. The van der Waals surface area contributed by atoms with Crippen LogP contribution in [0.5, 0.6) is 0 Å². The van der Waals surface area contributed by atoms with Gasteiger partial charge in [0.25, 0.3) is 0 Å². The SMILES string of the molecule is Cc1cc(C)c(B2OC(C)(C)C(C)(C)O2)c(C=O)c1. The number of aldehydes is 1. The molecule has 2 rings (SSSR count). The van der Waals surface area contributed by atoms with E-state index in [9.17, 15) is 4.79 Å². The fourth-order valence-corrected chi connectivity index (χ4v) is 2.39. The second-order valence-corrected chi connectivity index (χ2v) is 6.29. The van der Waals surface area contributed by atoms with Crippen molar-refractivity contribution in [3.63, 3.8) is 0 Å². The minimum atomic E-state index is -0.481. The molecule has 0 amide bonds. The van der Waals surface area contributed by atoms with Crippen LogP contribution in [0, 0.1) is 13.8 Å². The van der Waals surface area contributed by atoms with Crippen molar-refractivity contribution in [2.45, 2.75) is 52.7 Å². The van der Waals surface area contributed by atoms with E-state index in [0.717, 1.165) is 22.9 Å². The lowest BCUT2D eigenvalue weighted by molar-refractivity contribution is 0.00578. The summed E-state index contributed by atoms with van der Waals surface area (Å²) in [5.74, 6) is 0. The number of hydrogen-bond acceptors (Lipinski definition) is 3. The molecule has 3 nitrogen and oxygen atoms in total. The Kier molecular flexibility index (Phi) is 3.35. The van der Waals surface area contributed by atoms with E-state index in [1.54, 1.807) is 0 Å². The average Bonchev–Trinajstić information content (AvgIpc) is 2.46. The molecule has 102 valence electrons. The van der Waals surface area contributed by atoms with Crippen LogP contribution in [0.1, 0.15) is 49.2 Å². The molecule has 1 saturated heterocycles. The zero-order chi connectivity index (χ0) is 14.4. The molecule has 4 heteroatoms. The zero-order valence-electron chi connectivity index (χ0n) is 12.5. The molecule has 0 aromatic heterocycles. The van der Waals surface area contributed by atoms with Gasteiger partial charge in [-0.05, 0) is 53.1 Å². The minimum Gasteiger partial charge on any atom is -0.399 e. The van der Waals surface area contributed by atoms with Crippen molar-refractivity contribution in [3.8, 4) is 0 Å². The van der Waals surface area contributed by atoms with Crippen LogP contribution in [0.2, 0.25) is 0 Å². The number of carbonyl (C=O) groups is 1. The summed E-state index contributed by atoms with van der Waals surface area (Å²) in [6, 6.07) is 3.92. The highest BCUT2D eigenvalue weighted by Gasteiger charge is 2.52. The summed E-state index contributed by atoms with van der Waals surface area (Å²) in [4.78, 5) is 11.3. The van der Waals surface area contributed by atoms with Gasteiger partial charge in [-0.1, -0.05) is 17.2 Å². The largest absolute Gasteiger partial charge is 0.495 e. The molecule has 0 bridgehead atoms. The van der Waals surface area contributed by atoms with E-state index >= 15 is 0 Å². The second kappa shape index (κ2) is 4.46. The zero-order valence-corrected chi connectivity index (χ0v) is 12.5. The van der Waals surface area contributed by atoms with Crippen molar-refractivity contribution in [2.24, 2.45) is 0 Å². The quantitative estimate of drug-likeness (QED) is 0.605. The second-order valence-electron chi connectivity index (χ2n) is 6.29. The maximum absolute atomic E-state index is 11.3. The van der Waals surface area contributed by atoms with Crippen LogP contribution in [-0.2, 0) is 9.31 Å². The molecule has 0 atom stereocenters. The highest BCUT2D eigenvalue weighted by atomic mass is 16.7. The van der Waals surface area contributed by atoms with Crippen molar-refractivity contribution >= 4 is 18.9 Å². The molecule has 0 saturated carbocycles. The molecule has 19 heavy (non-hydrogen) atoms. The molecule has 0 radical (unpaired) electrons. The first kappa shape index (κ1) is 14.3. The summed E-state index contributed by atoms with van der Waals surface area (Å²) in [5.41, 5.74) is 2.81. The van der Waals surface area contributed by atoms with E-state index < -0.39 is 18.3 Å².